The first kappa shape index (κ1) is 15.0. The smallest absolute Gasteiger partial charge is 0.262 e. The lowest BCUT2D eigenvalue weighted by Crippen LogP contribution is -2.28. The molecule has 0 bridgehead atoms. The average molecular weight is 311 g/mol. The van der Waals surface area contributed by atoms with Gasteiger partial charge in [-0.3, -0.25) is 9.59 Å². The van der Waals surface area contributed by atoms with Gasteiger partial charge in [-0.15, -0.1) is 0 Å². The van der Waals surface area contributed by atoms with Gasteiger partial charge in [0.05, 0.1) is 11.9 Å². The van der Waals surface area contributed by atoms with E-state index in [0.717, 1.165) is 5.56 Å². The van der Waals surface area contributed by atoms with Gasteiger partial charge in [0, 0.05) is 6.54 Å². The Hall–Kier alpha value is -2.89. The number of hydrogen-bond donors (Lipinski definition) is 2. The third-order valence-corrected chi connectivity index (χ3v) is 3.83. The maximum absolute atomic E-state index is 12.5. The molecule has 3 rings (SSSR count). The number of nitrogens with zero attached hydrogens (tertiary/aromatic N) is 1. The molecule has 23 heavy (non-hydrogen) atoms. The zero-order chi connectivity index (χ0) is 16.4. The van der Waals surface area contributed by atoms with Crippen LogP contribution in [0.4, 0.5) is 0 Å². The van der Waals surface area contributed by atoms with E-state index in [1.54, 1.807) is 6.92 Å². The Morgan fingerprint density at radius 2 is 2.09 bits per heavy atom. The normalized spacial score (nSPS) is 12.3. The number of nitrogens with one attached hydrogen (secondary N) is 2. The third kappa shape index (κ3) is 2.88. The molecule has 118 valence electrons. The van der Waals surface area contributed by atoms with E-state index in [0.29, 0.717) is 12.3 Å². The molecule has 0 aliphatic rings. The van der Waals surface area contributed by atoms with Crippen LogP contribution in [-0.2, 0) is 0 Å². The van der Waals surface area contributed by atoms with E-state index in [2.05, 4.69) is 15.3 Å². The standard InChI is InChI=1S/C17H17N3O3/c1-10(12-6-4-3-5-7-12)8-18-15(21)13-11(2)23-17-14(13)16(22)19-9-20-17/h3-7,9-10H,8H2,1-2H3,(H,18,21)(H,19,20,22). The molecule has 0 spiro atoms. The molecular weight excluding hydrogens is 294 g/mol. The van der Waals surface area contributed by atoms with Crippen LogP contribution < -0.4 is 10.9 Å². The van der Waals surface area contributed by atoms with Gasteiger partial charge in [-0.25, -0.2) is 4.98 Å². The molecule has 6 nitrogen and oxygen atoms in total. The summed E-state index contributed by atoms with van der Waals surface area (Å²) in [6, 6.07) is 9.92. The number of hydrogen-bond acceptors (Lipinski definition) is 4. The van der Waals surface area contributed by atoms with E-state index in [1.807, 2.05) is 37.3 Å². The van der Waals surface area contributed by atoms with Crippen molar-refractivity contribution >= 4 is 17.0 Å². The molecule has 0 saturated carbocycles. The number of H-pyrrole nitrogens is 1. The summed E-state index contributed by atoms with van der Waals surface area (Å²) in [6.07, 6.45) is 1.26. The van der Waals surface area contributed by atoms with Gasteiger partial charge >= 0.3 is 0 Å². The number of furan rings is 1. The molecule has 2 aromatic heterocycles. The number of aromatic amines is 1. The van der Waals surface area contributed by atoms with Crippen LogP contribution in [0, 0.1) is 6.92 Å². The third-order valence-electron chi connectivity index (χ3n) is 3.83. The highest BCUT2D eigenvalue weighted by Gasteiger charge is 2.21. The van der Waals surface area contributed by atoms with Crippen LogP contribution in [0.5, 0.6) is 0 Å². The minimum atomic E-state index is -0.381. The zero-order valence-corrected chi connectivity index (χ0v) is 12.9. The number of fused-ring (bicyclic) bond motifs is 1. The molecule has 0 aliphatic carbocycles. The molecule has 2 heterocycles. The summed E-state index contributed by atoms with van der Waals surface area (Å²) in [4.78, 5) is 30.8. The Morgan fingerprint density at radius 3 is 2.83 bits per heavy atom. The number of rotatable bonds is 4. The van der Waals surface area contributed by atoms with E-state index in [9.17, 15) is 9.59 Å². The molecule has 2 N–H and O–H groups in total. The van der Waals surface area contributed by atoms with Crippen molar-refractivity contribution in [3.05, 3.63) is 63.9 Å². The van der Waals surface area contributed by atoms with Gasteiger partial charge < -0.3 is 14.7 Å². The van der Waals surface area contributed by atoms with Crippen LogP contribution in [0.2, 0.25) is 0 Å². The van der Waals surface area contributed by atoms with Gasteiger partial charge in [0.1, 0.15) is 11.1 Å². The lowest BCUT2D eigenvalue weighted by Gasteiger charge is -2.12. The highest BCUT2D eigenvalue weighted by Crippen LogP contribution is 2.20. The molecular formula is C17H17N3O3. The fourth-order valence-electron chi connectivity index (χ4n) is 2.56. The molecule has 0 saturated heterocycles. The highest BCUT2D eigenvalue weighted by molar-refractivity contribution is 6.06. The van der Waals surface area contributed by atoms with Crippen molar-refractivity contribution in [2.45, 2.75) is 19.8 Å². The summed E-state index contributed by atoms with van der Waals surface area (Å²) in [5.41, 5.74) is 1.18. The number of carbonyl (C=O) groups excluding carboxylic acids is 1. The van der Waals surface area contributed by atoms with E-state index < -0.39 is 0 Å². The number of aryl methyl sites for hydroxylation is 1. The fourth-order valence-corrected chi connectivity index (χ4v) is 2.56. The first-order valence-electron chi connectivity index (χ1n) is 7.38. The maximum atomic E-state index is 12.5. The van der Waals surface area contributed by atoms with Gasteiger partial charge in [0.25, 0.3) is 11.5 Å². The van der Waals surface area contributed by atoms with Crippen LogP contribution in [-0.4, -0.2) is 22.4 Å². The van der Waals surface area contributed by atoms with Crippen LogP contribution in [0.15, 0.2) is 45.9 Å². The first-order valence-corrected chi connectivity index (χ1v) is 7.38. The van der Waals surface area contributed by atoms with Crippen LogP contribution in [0.3, 0.4) is 0 Å². The van der Waals surface area contributed by atoms with Crippen molar-refractivity contribution in [1.82, 2.24) is 15.3 Å². The topological polar surface area (TPSA) is 88.0 Å². The fraction of sp³-hybridized carbons (Fsp3) is 0.235. The molecule has 0 radical (unpaired) electrons. The monoisotopic (exact) mass is 311 g/mol. The Labute approximate surface area is 132 Å². The van der Waals surface area contributed by atoms with Gasteiger partial charge in [-0.05, 0) is 18.4 Å². The van der Waals surface area contributed by atoms with Crippen molar-refractivity contribution < 1.29 is 9.21 Å². The molecule has 1 unspecified atom stereocenters. The summed E-state index contributed by atoms with van der Waals surface area (Å²) in [6.45, 7) is 4.15. The lowest BCUT2D eigenvalue weighted by molar-refractivity contribution is 0.0951. The summed E-state index contributed by atoms with van der Waals surface area (Å²) < 4.78 is 5.40. The zero-order valence-electron chi connectivity index (χ0n) is 12.9. The molecule has 1 amide bonds. The van der Waals surface area contributed by atoms with Crippen LogP contribution in [0.25, 0.3) is 11.1 Å². The van der Waals surface area contributed by atoms with Crippen molar-refractivity contribution in [1.29, 1.82) is 0 Å². The van der Waals surface area contributed by atoms with Crippen molar-refractivity contribution in [2.75, 3.05) is 6.54 Å². The molecule has 0 aliphatic heterocycles. The van der Waals surface area contributed by atoms with Crippen molar-refractivity contribution in [3.63, 3.8) is 0 Å². The predicted octanol–water partition coefficient (Wildman–Crippen LogP) is 2.36. The second-order valence-electron chi connectivity index (χ2n) is 5.47. The first-order chi connectivity index (χ1) is 11.1. The summed E-state index contributed by atoms with van der Waals surface area (Å²) >= 11 is 0. The number of benzene rings is 1. The number of amides is 1. The Kier molecular flexibility index (Phi) is 3.97. The average Bonchev–Trinajstić information content (AvgIpc) is 2.90. The predicted molar refractivity (Wildman–Crippen MR) is 86.6 cm³/mol. The van der Waals surface area contributed by atoms with Gasteiger partial charge in [0.2, 0.25) is 5.71 Å². The summed E-state index contributed by atoms with van der Waals surface area (Å²) in [5.74, 6) is 0.214. The lowest BCUT2D eigenvalue weighted by atomic mass is 10.0. The van der Waals surface area contributed by atoms with Crippen LogP contribution in [0.1, 0.15) is 34.5 Å². The molecule has 6 heteroatoms. The van der Waals surface area contributed by atoms with Gasteiger partial charge in [-0.1, -0.05) is 37.3 Å². The number of aromatic nitrogens is 2. The molecule has 1 aromatic carbocycles. The van der Waals surface area contributed by atoms with Gasteiger partial charge in [-0.2, -0.15) is 0 Å². The van der Waals surface area contributed by atoms with Crippen LogP contribution >= 0.6 is 0 Å². The Bertz CT molecular complexity index is 896. The van der Waals surface area contributed by atoms with E-state index >= 15 is 0 Å². The number of carbonyl (C=O) groups is 1. The largest absolute Gasteiger partial charge is 0.442 e. The minimum Gasteiger partial charge on any atom is -0.442 e. The summed E-state index contributed by atoms with van der Waals surface area (Å²) in [5, 5.41) is 3.05. The second-order valence-corrected chi connectivity index (χ2v) is 5.47. The molecule has 0 fully saturated rings. The Morgan fingerprint density at radius 1 is 1.35 bits per heavy atom. The maximum Gasteiger partial charge on any atom is 0.262 e. The SMILES string of the molecule is Cc1oc2nc[nH]c(=O)c2c1C(=O)NCC(C)c1ccccc1. The second kappa shape index (κ2) is 6.08. The molecule has 3 aromatic rings. The van der Waals surface area contributed by atoms with Crippen molar-refractivity contribution in [3.8, 4) is 0 Å². The van der Waals surface area contributed by atoms with Crippen molar-refractivity contribution in [2.24, 2.45) is 0 Å². The Balaban J connectivity index is 1.82. The van der Waals surface area contributed by atoms with E-state index in [1.165, 1.54) is 6.33 Å². The summed E-state index contributed by atoms with van der Waals surface area (Å²) in [7, 11) is 0. The highest BCUT2D eigenvalue weighted by atomic mass is 16.3. The quantitative estimate of drug-likeness (QED) is 0.774. The molecule has 1 atom stereocenters. The van der Waals surface area contributed by atoms with Gasteiger partial charge in [0.15, 0.2) is 0 Å². The van der Waals surface area contributed by atoms with E-state index in [4.69, 9.17) is 4.42 Å². The van der Waals surface area contributed by atoms with E-state index in [-0.39, 0.29) is 34.0 Å². The minimum absolute atomic E-state index is 0.162.